The Morgan fingerprint density at radius 2 is 1.62 bits per heavy atom. The molecule has 1 aromatic carbocycles. The molecule has 0 fully saturated rings. The van der Waals surface area contributed by atoms with Crippen molar-refractivity contribution in [3.8, 4) is 0 Å². The molecule has 0 unspecified atom stereocenters. The topological polar surface area (TPSA) is 42.4 Å². The highest BCUT2D eigenvalue weighted by molar-refractivity contribution is 6.74. The number of rotatable bonds is 7. The zero-order valence-electron chi connectivity index (χ0n) is 26.5. The molecular formula is C35H53NO2Si. The maximum Gasteiger partial charge on any atom is 0.192 e. The van der Waals surface area contributed by atoms with Crippen molar-refractivity contribution in [2.75, 3.05) is 0 Å². The molecular weight excluding hydrogens is 494 g/mol. The maximum absolute atomic E-state index is 12.1. The molecule has 1 N–H and O–H groups in total. The number of allylic oxidation sites excluding steroid dienone is 2. The molecule has 0 saturated carbocycles. The number of benzene rings is 1. The Morgan fingerprint density at radius 1 is 1.00 bits per heavy atom. The Kier molecular flexibility index (Phi) is 8.45. The Balaban J connectivity index is 1.99. The number of hydrogen-bond acceptors (Lipinski definition) is 3. The van der Waals surface area contributed by atoms with Crippen molar-refractivity contribution < 1.29 is 9.53 Å². The number of hydrogen-bond donors (Lipinski definition) is 1. The van der Waals surface area contributed by atoms with Crippen LogP contribution in [0.1, 0.15) is 151 Å². The Labute approximate surface area is 239 Å². The van der Waals surface area contributed by atoms with E-state index >= 15 is 0 Å². The maximum atomic E-state index is 12.1. The summed E-state index contributed by atoms with van der Waals surface area (Å²) in [5.74, 6) is 0.670. The SMILES string of the molecule is CC(C)c1ccc([C@@H](O)c2c(C(C)C)nc3c(c2C2=CCCC2)[C@@H](O[Si](C)(C)C(C)(C)C)CC(C)(C)C3)cc1. The predicted molar refractivity (Wildman–Crippen MR) is 168 cm³/mol. The molecule has 0 amide bonds. The lowest BCUT2D eigenvalue weighted by Gasteiger charge is -2.45. The van der Waals surface area contributed by atoms with Crippen LogP contribution in [0.2, 0.25) is 18.1 Å². The van der Waals surface area contributed by atoms with Gasteiger partial charge in [-0.15, -0.1) is 0 Å². The molecule has 214 valence electrons. The third-order valence-electron chi connectivity index (χ3n) is 9.43. The molecule has 0 bridgehead atoms. The molecule has 2 aliphatic carbocycles. The van der Waals surface area contributed by atoms with E-state index < -0.39 is 14.4 Å². The highest BCUT2D eigenvalue weighted by Gasteiger charge is 2.45. The standard InChI is InChI=1S/C35H53NO2Si/c1-22(2)24-16-18-26(19-17-24)33(37)31-29(25-14-12-13-15-25)30-27(36-32(31)23(3)4)20-35(8,9)21-28(30)38-39(10,11)34(5,6)7/h14,16-19,22-23,28,33,37H,12-13,15,20-21H2,1-11H3/t28-,33+/m0/s1. The van der Waals surface area contributed by atoms with Crippen LogP contribution in [-0.4, -0.2) is 18.4 Å². The van der Waals surface area contributed by atoms with E-state index in [1.54, 1.807) is 0 Å². The quantitative estimate of drug-likeness (QED) is 0.351. The fraction of sp³-hybridized carbons (Fsp3) is 0.629. The Morgan fingerprint density at radius 3 is 2.13 bits per heavy atom. The largest absolute Gasteiger partial charge is 0.410 e. The minimum Gasteiger partial charge on any atom is -0.410 e. The number of aliphatic hydroxyl groups excluding tert-OH is 1. The lowest BCUT2D eigenvalue weighted by atomic mass is 9.71. The summed E-state index contributed by atoms with van der Waals surface area (Å²) in [5.41, 5.74) is 9.49. The normalized spacial score (nSPS) is 20.4. The van der Waals surface area contributed by atoms with Crippen LogP contribution in [0.25, 0.3) is 5.57 Å². The molecule has 1 heterocycles. The van der Waals surface area contributed by atoms with E-state index in [1.807, 2.05) is 0 Å². The molecule has 1 aromatic heterocycles. The highest BCUT2D eigenvalue weighted by atomic mass is 28.4. The van der Waals surface area contributed by atoms with Crippen molar-refractivity contribution in [3.05, 3.63) is 69.5 Å². The van der Waals surface area contributed by atoms with Crippen LogP contribution in [-0.2, 0) is 10.8 Å². The first-order chi connectivity index (χ1) is 18.0. The van der Waals surface area contributed by atoms with Gasteiger partial charge in [0.1, 0.15) is 6.10 Å². The van der Waals surface area contributed by atoms with Crippen molar-refractivity contribution >= 4 is 13.9 Å². The van der Waals surface area contributed by atoms with Crippen molar-refractivity contribution in [3.63, 3.8) is 0 Å². The summed E-state index contributed by atoms with van der Waals surface area (Å²) in [5, 5.41) is 12.3. The Bertz CT molecular complexity index is 1210. The Hall–Kier alpha value is -1.75. The van der Waals surface area contributed by atoms with Crippen LogP contribution in [0.4, 0.5) is 0 Å². The van der Waals surface area contributed by atoms with Crippen molar-refractivity contribution in [2.24, 2.45) is 5.41 Å². The summed E-state index contributed by atoms with van der Waals surface area (Å²) in [7, 11) is -2.06. The molecule has 0 spiro atoms. The molecule has 3 nitrogen and oxygen atoms in total. The smallest absolute Gasteiger partial charge is 0.192 e. The van der Waals surface area contributed by atoms with Crippen LogP contribution in [0, 0.1) is 5.41 Å². The average Bonchev–Trinajstić information content (AvgIpc) is 3.35. The predicted octanol–water partition coefficient (Wildman–Crippen LogP) is 10.0. The van der Waals surface area contributed by atoms with Crippen molar-refractivity contribution in [2.45, 2.75) is 137 Å². The van der Waals surface area contributed by atoms with Crippen LogP contribution < -0.4 is 0 Å². The minimum absolute atomic E-state index is 0.0101. The van der Waals surface area contributed by atoms with E-state index in [1.165, 1.54) is 34.4 Å². The first-order valence-corrected chi connectivity index (χ1v) is 18.1. The van der Waals surface area contributed by atoms with Gasteiger partial charge in [0.15, 0.2) is 8.32 Å². The average molecular weight is 548 g/mol. The van der Waals surface area contributed by atoms with Crippen LogP contribution >= 0.6 is 0 Å². The third kappa shape index (κ3) is 6.13. The molecule has 2 atom stereocenters. The van der Waals surface area contributed by atoms with E-state index in [0.29, 0.717) is 5.92 Å². The number of aromatic nitrogens is 1. The summed E-state index contributed by atoms with van der Waals surface area (Å²) in [4.78, 5) is 5.42. The molecule has 4 rings (SSSR count). The van der Waals surface area contributed by atoms with Crippen LogP contribution in [0.5, 0.6) is 0 Å². The van der Waals surface area contributed by atoms with Gasteiger partial charge in [0, 0.05) is 22.5 Å². The van der Waals surface area contributed by atoms with Gasteiger partial charge in [0.2, 0.25) is 0 Å². The van der Waals surface area contributed by atoms with Gasteiger partial charge < -0.3 is 9.53 Å². The number of pyridine rings is 1. The number of nitrogens with zero attached hydrogens (tertiary/aromatic N) is 1. The molecule has 39 heavy (non-hydrogen) atoms. The lowest BCUT2D eigenvalue weighted by Crippen LogP contribution is -2.44. The summed E-state index contributed by atoms with van der Waals surface area (Å²) >= 11 is 0. The second kappa shape index (κ2) is 10.9. The zero-order valence-corrected chi connectivity index (χ0v) is 27.5. The summed E-state index contributed by atoms with van der Waals surface area (Å²) in [6, 6.07) is 8.57. The monoisotopic (exact) mass is 547 g/mol. The van der Waals surface area contributed by atoms with E-state index in [-0.39, 0.29) is 22.5 Å². The second-order valence-electron chi connectivity index (χ2n) is 15.1. The summed E-state index contributed by atoms with van der Waals surface area (Å²) < 4.78 is 7.28. The minimum atomic E-state index is -2.06. The van der Waals surface area contributed by atoms with Gasteiger partial charge in [-0.3, -0.25) is 4.98 Å². The molecule has 2 aromatic rings. The van der Waals surface area contributed by atoms with Crippen LogP contribution in [0.3, 0.4) is 0 Å². The van der Waals surface area contributed by atoms with E-state index in [9.17, 15) is 5.11 Å². The van der Waals surface area contributed by atoms with Gasteiger partial charge in [-0.1, -0.05) is 92.7 Å². The van der Waals surface area contributed by atoms with Gasteiger partial charge in [0.05, 0.1) is 6.10 Å². The third-order valence-corrected chi connectivity index (χ3v) is 13.9. The highest BCUT2D eigenvalue weighted by Crippen LogP contribution is 2.52. The molecule has 0 aliphatic heterocycles. The van der Waals surface area contributed by atoms with Gasteiger partial charge in [0.25, 0.3) is 0 Å². The van der Waals surface area contributed by atoms with Gasteiger partial charge in [-0.25, -0.2) is 0 Å². The molecule has 2 aliphatic rings. The van der Waals surface area contributed by atoms with Crippen molar-refractivity contribution in [1.82, 2.24) is 4.98 Å². The lowest BCUT2D eigenvalue weighted by molar-refractivity contribution is 0.105. The van der Waals surface area contributed by atoms with E-state index in [2.05, 4.69) is 106 Å². The zero-order chi connectivity index (χ0) is 28.9. The fourth-order valence-corrected chi connectivity index (χ4v) is 7.38. The van der Waals surface area contributed by atoms with Gasteiger partial charge >= 0.3 is 0 Å². The van der Waals surface area contributed by atoms with E-state index in [4.69, 9.17) is 9.41 Å². The molecule has 4 heteroatoms. The summed E-state index contributed by atoms with van der Waals surface area (Å²) in [6.07, 6.45) is 6.93. The van der Waals surface area contributed by atoms with Gasteiger partial charge in [-0.2, -0.15) is 0 Å². The molecule has 0 saturated heterocycles. The first kappa shape index (κ1) is 30.2. The van der Waals surface area contributed by atoms with E-state index in [0.717, 1.165) is 42.5 Å². The summed E-state index contributed by atoms with van der Waals surface area (Å²) in [6.45, 7) is 25.3. The number of aliphatic hydroxyl groups is 1. The van der Waals surface area contributed by atoms with Gasteiger partial charge in [-0.05, 0) is 89.8 Å². The van der Waals surface area contributed by atoms with Crippen LogP contribution in [0.15, 0.2) is 30.3 Å². The first-order valence-electron chi connectivity index (χ1n) is 15.2. The molecule has 0 radical (unpaired) electrons. The fourth-order valence-electron chi connectivity index (χ4n) is 6.12. The van der Waals surface area contributed by atoms with Crippen molar-refractivity contribution in [1.29, 1.82) is 0 Å². The second-order valence-corrected chi connectivity index (χ2v) is 19.8. The number of fused-ring (bicyclic) bond motifs is 1.